The maximum Gasteiger partial charge on any atom is 0.263 e. The lowest BCUT2D eigenvalue weighted by atomic mass is 10.2. The van der Waals surface area contributed by atoms with Crippen molar-refractivity contribution >= 4 is 28.8 Å². The van der Waals surface area contributed by atoms with Gasteiger partial charge in [0.15, 0.2) is 0 Å². The van der Waals surface area contributed by atoms with Gasteiger partial charge in [0.25, 0.3) is 5.91 Å². The number of nitrogens with zero attached hydrogens (tertiary/aromatic N) is 2. The quantitative estimate of drug-likeness (QED) is 0.776. The number of benzene rings is 1. The second kappa shape index (κ2) is 6.89. The van der Waals surface area contributed by atoms with Crippen LogP contribution in [0.4, 0.5) is 0 Å². The lowest BCUT2D eigenvalue weighted by Gasteiger charge is -2.03. The molecule has 0 saturated heterocycles. The Bertz CT molecular complexity index is 816. The van der Waals surface area contributed by atoms with Crippen molar-refractivity contribution in [3.63, 3.8) is 0 Å². The Kier molecular flexibility index (Phi) is 4.69. The van der Waals surface area contributed by atoms with Crippen LogP contribution in [0.25, 0.3) is 10.6 Å². The molecule has 2 heterocycles. The molecule has 0 bridgehead atoms. The first-order valence-corrected chi connectivity index (χ1v) is 8.23. The lowest BCUT2D eigenvalue weighted by molar-refractivity contribution is 0.0954. The SMILES string of the molecule is Cc1nc(-c2ccc(Cl)cc2)sc1C(=O)NCc1ccncc1. The average Bonchev–Trinajstić information content (AvgIpc) is 2.96. The number of hydrogen-bond acceptors (Lipinski definition) is 4. The summed E-state index contributed by atoms with van der Waals surface area (Å²) < 4.78 is 0. The first-order chi connectivity index (χ1) is 11.1. The fraction of sp³-hybridized carbons (Fsp3) is 0.118. The topological polar surface area (TPSA) is 54.9 Å². The van der Waals surface area contributed by atoms with E-state index in [9.17, 15) is 4.79 Å². The molecule has 1 aromatic carbocycles. The van der Waals surface area contributed by atoms with Crippen molar-refractivity contribution in [3.05, 3.63) is 69.9 Å². The Hall–Kier alpha value is -2.24. The Morgan fingerprint density at radius 2 is 1.87 bits per heavy atom. The van der Waals surface area contributed by atoms with Gasteiger partial charge in [-0.1, -0.05) is 23.7 Å². The predicted octanol–water partition coefficient (Wildman–Crippen LogP) is 4.10. The first kappa shape index (κ1) is 15.6. The summed E-state index contributed by atoms with van der Waals surface area (Å²) in [6, 6.07) is 11.2. The fourth-order valence-electron chi connectivity index (χ4n) is 2.09. The molecule has 0 unspecified atom stereocenters. The van der Waals surface area contributed by atoms with Gasteiger partial charge in [-0.25, -0.2) is 4.98 Å². The number of aryl methyl sites for hydroxylation is 1. The van der Waals surface area contributed by atoms with E-state index in [-0.39, 0.29) is 5.91 Å². The average molecular weight is 344 g/mol. The van der Waals surface area contributed by atoms with Crippen LogP contribution < -0.4 is 5.32 Å². The zero-order chi connectivity index (χ0) is 16.2. The standard InChI is InChI=1S/C17H14ClN3OS/c1-11-15(16(22)20-10-12-6-8-19-9-7-12)23-17(21-11)13-2-4-14(18)5-3-13/h2-9H,10H2,1H3,(H,20,22). The largest absolute Gasteiger partial charge is 0.347 e. The molecule has 0 radical (unpaired) electrons. The maximum atomic E-state index is 12.4. The molecule has 1 amide bonds. The molecule has 0 fully saturated rings. The summed E-state index contributed by atoms with van der Waals surface area (Å²) in [5.41, 5.74) is 2.69. The van der Waals surface area contributed by atoms with E-state index >= 15 is 0 Å². The normalized spacial score (nSPS) is 10.5. The van der Waals surface area contributed by atoms with Gasteiger partial charge in [-0.3, -0.25) is 9.78 Å². The van der Waals surface area contributed by atoms with E-state index in [0.29, 0.717) is 16.4 Å². The van der Waals surface area contributed by atoms with E-state index < -0.39 is 0 Å². The van der Waals surface area contributed by atoms with Crippen LogP contribution in [0.3, 0.4) is 0 Å². The highest BCUT2D eigenvalue weighted by Gasteiger charge is 2.16. The third-order valence-corrected chi connectivity index (χ3v) is 4.75. The molecule has 3 rings (SSSR count). The van der Waals surface area contributed by atoms with Crippen molar-refractivity contribution in [2.75, 3.05) is 0 Å². The molecule has 0 aliphatic rings. The summed E-state index contributed by atoms with van der Waals surface area (Å²) in [7, 11) is 0. The number of pyridine rings is 1. The zero-order valence-electron chi connectivity index (χ0n) is 12.4. The molecular formula is C17H14ClN3OS. The van der Waals surface area contributed by atoms with Crippen LogP contribution in [0.15, 0.2) is 48.8 Å². The van der Waals surface area contributed by atoms with E-state index in [4.69, 9.17) is 11.6 Å². The molecule has 23 heavy (non-hydrogen) atoms. The summed E-state index contributed by atoms with van der Waals surface area (Å²) in [4.78, 5) is 21.4. The smallest absolute Gasteiger partial charge is 0.263 e. The van der Waals surface area contributed by atoms with Gasteiger partial charge in [0, 0.05) is 29.5 Å². The van der Waals surface area contributed by atoms with Crippen molar-refractivity contribution < 1.29 is 4.79 Å². The third-order valence-electron chi connectivity index (χ3n) is 3.30. The zero-order valence-corrected chi connectivity index (χ0v) is 14.0. The van der Waals surface area contributed by atoms with Crippen LogP contribution in [-0.2, 0) is 6.54 Å². The molecule has 0 atom stereocenters. The van der Waals surface area contributed by atoms with Crippen molar-refractivity contribution in [3.8, 4) is 10.6 Å². The molecule has 4 nitrogen and oxygen atoms in total. The van der Waals surface area contributed by atoms with Gasteiger partial charge in [0.1, 0.15) is 9.88 Å². The summed E-state index contributed by atoms with van der Waals surface area (Å²) in [6.45, 7) is 2.31. The van der Waals surface area contributed by atoms with Gasteiger partial charge in [-0.15, -0.1) is 11.3 Å². The van der Waals surface area contributed by atoms with Crippen molar-refractivity contribution in [1.29, 1.82) is 0 Å². The van der Waals surface area contributed by atoms with Gasteiger partial charge in [0.2, 0.25) is 0 Å². The number of amides is 1. The highest BCUT2D eigenvalue weighted by atomic mass is 35.5. The number of carbonyl (C=O) groups excluding carboxylic acids is 1. The third kappa shape index (κ3) is 3.75. The van der Waals surface area contributed by atoms with Crippen LogP contribution in [0, 0.1) is 6.92 Å². The van der Waals surface area contributed by atoms with Gasteiger partial charge in [-0.2, -0.15) is 0 Å². The summed E-state index contributed by atoms with van der Waals surface area (Å²) in [5.74, 6) is -0.114. The van der Waals surface area contributed by atoms with E-state index in [2.05, 4.69) is 15.3 Å². The van der Waals surface area contributed by atoms with Gasteiger partial charge >= 0.3 is 0 Å². The fourth-order valence-corrected chi connectivity index (χ4v) is 3.20. The lowest BCUT2D eigenvalue weighted by Crippen LogP contribution is -2.22. The molecule has 1 N–H and O–H groups in total. The first-order valence-electron chi connectivity index (χ1n) is 7.04. The molecule has 0 aliphatic heterocycles. The van der Waals surface area contributed by atoms with Gasteiger partial charge < -0.3 is 5.32 Å². The molecular weight excluding hydrogens is 330 g/mol. The summed E-state index contributed by atoms with van der Waals surface area (Å²) >= 11 is 7.28. The minimum atomic E-state index is -0.114. The van der Waals surface area contributed by atoms with Crippen molar-refractivity contribution in [2.45, 2.75) is 13.5 Å². The van der Waals surface area contributed by atoms with Crippen LogP contribution in [-0.4, -0.2) is 15.9 Å². The molecule has 0 saturated carbocycles. The van der Waals surface area contributed by atoms with Crippen LogP contribution >= 0.6 is 22.9 Å². The highest BCUT2D eigenvalue weighted by molar-refractivity contribution is 7.17. The molecule has 0 spiro atoms. The molecule has 116 valence electrons. The number of nitrogens with one attached hydrogen (secondary N) is 1. The second-order valence-electron chi connectivity index (χ2n) is 4.98. The number of thiazole rings is 1. The predicted molar refractivity (Wildman–Crippen MR) is 92.7 cm³/mol. The van der Waals surface area contributed by atoms with Crippen LogP contribution in [0.1, 0.15) is 20.9 Å². The van der Waals surface area contributed by atoms with Crippen molar-refractivity contribution in [2.24, 2.45) is 0 Å². The molecule has 6 heteroatoms. The van der Waals surface area contributed by atoms with E-state index in [1.165, 1.54) is 11.3 Å². The van der Waals surface area contributed by atoms with Crippen LogP contribution in [0.5, 0.6) is 0 Å². The Labute approximate surface area is 143 Å². The molecule has 3 aromatic rings. The maximum absolute atomic E-state index is 12.4. The molecule has 2 aromatic heterocycles. The number of aromatic nitrogens is 2. The Morgan fingerprint density at radius 1 is 1.17 bits per heavy atom. The summed E-state index contributed by atoms with van der Waals surface area (Å²) in [6.07, 6.45) is 3.41. The number of rotatable bonds is 4. The molecule has 0 aliphatic carbocycles. The highest BCUT2D eigenvalue weighted by Crippen LogP contribution is 2.28. The van der Waals surface area contributed by atoms with E-state index in [0.717, 1.165) is 21.8 Å². The van der Waals surface area contributed by atoms with Gasteiger partial charge in [0.05, 0.1) is 5.69 Å². The number of hydrogen-bond donors (Lipinski definition) is 1. The van der Waals surface area contributed by atoms with Crippen LogP contribution in [0.2, 0.25) is 5.02 Å². The van der Waals surface area contributed by atoms with Crippen molar-refractivity contribution in [1.82, 2.24) is 15.3 Å². The minimum absolute atomic E-state index is 0.114. The minimum Gasteiger partial charge on any atom is -0.347 e. The van der Waals surface area contributed by atoms with E-state index in [1.54, 1.807) is 12.4 Å². The summed E-state index contributed by atoms with van der Waals surface area (Å²) in [5, 5.41) is 4.40. The Balaban J connectivity index is 1.75. The monoisotopic (exact) mass is 343 g/mol. The number of carbonyl (C=O) groups is 1. The second-order valence-corrected chi connectivity index (χ2v) is 6.41. The Morgan fingerprint density at radius 3 is 2.57 bits per heavy atom. The van der Waals surface area contributed by atoms with Gasteiger partial charge in [-0.05, 0) is 36.8 Å². The van der Waals surface area contributed by atoms with E-state index in [1.807, 2.05) is 43.3 Å². The number of halogens is 1.